The summed E-state index contributed by atoms with van der Waals surface area (Å²) in [7, 11) is 0. The first-order valence-electron chi connectivity index (χ1n) is 12.5. The number of alkyl halides is 3. The molecule has 0 unspecified atom stereocenters. The summed E-state index contributed by atoms with van der Waals surface area (Å²) < 4.78 is 44.4. The molecule has 1 amide bonds. The smallest absolute Gasteiger partial charge is 0.422 e. The van der Waals surface area contributed by atoms with Gasteiger partial charge < -0.3 is 14.6 Å². The van der Waals surface area contributed by atoms with E-state index < -0.39 is 12.8 Å². The van der Waals surface area contributed by atoms with E-state index in [0.29, 0.717) is 37.6 Å². The molecule has 0 radical (unpaired) electrons. The van der Waals surface area contributed by atoms with Gasteiger partial charge in [0, 0.05) is 23.5 Å². The Morgan fingerprint density at radius 3 is 2.47 bits per heavy atom. The monoisotopic (exact) mass is 566 g/mol. The molecular formula is C27H30ClF3N4O2S. The lowest BCUT2D eigenvalue weighted by molar-refractivity contribution is -0.153. The first kappa shape index (κ1) is 28.2. The third-order valence-corrected chi connectivity index (χ3v) is 7.26. The van der Waals surface area contributed by atoms with Crippen LogP contribution in [0.5, 0.6) is 5.75 Å². The van der Waals surface area contributed by atoms with Crippen molar-refractivity contribution < 1.29 is 22.7 Å². The highest BCUT2D eigenvalue weighted by atomic mass is 35.5. The number of carbonyl (C=O) groups is 1. The molecule has 4 rings (SSSR count). The van der Waals surface area contributed by atoms with Crippen molar-refractivity contribution in [3.8, 4) is 17.0 Å². The Labute approximate surface area is 228 Å². The number of carbonyl (C=O) groups excluding carboxylic acids is 1. The van der Waals surface area contributed by atoms with E-state index in [1.54, 1.807) is 12.1 Å². The van der Waals surface area contributed by atoms with Gasteiger partial charge in [0.2, 0.25) is 5.91 Å². The van der Waals surface area contributed by atoms with Crippen LogP contribution in [0.1, 0.15) is 24.8 Å². The second-order valence-electron chi connectivity index (χ2n) is 9.11. The number of thiazole rings is 1. The minimum absolute atomic E-state index is 0.0320. The summed E-state index contributed by atoms with van der Waals surface area (Å²) in [5, 5.41) is 5.65. The van der Waals surface area contributed by atoms with Crippen LogP contribution in [0.15, 0.2) is 58.9 Å². The molecule has 0 saturated carbocycles. The van der Waals surface area contributed by atoms with Crippen molar-refractivity contribution in [2.75, 3.05) is 32.8 Å². The molecule has 204 valence electrons. The van der Waals surface area contributed by atoms with Gasteiger partial charge in [0.1, 0.15) is 5.75 Å². The van der Waals surface area contributed by atoms with Crippen LogP contribution in [0, 0.1) is 0 Å². The Balaban J connectivity index is 1.46. The number of amides is 1. The summed E-state index contributed by atoms with van der Waals surface area (Å²) in [6.45, 7) is 2.68. The van der Waals surface area contributed by atoms with Gasteiger partial charge in [0.25, 0.3) is 0 Å². The van der Waals surface area contributed by atoms with Crippen molar-refractivity contribution >= 4 is 28.8 Å². The quantitative estimate of drug-likeness (QED) is 0.311. The normalized spacial score (nSPS) is 14.7. The SMILES string of the molecule is O=C(CN1CCCC1)NCCCn1c(-c2ccc(OCC(F)(F)F)cc2)csc1=NCc1ccc(Cl)cc1. The van der Waals surface area contributed by atoms with Gasteiger partial charge in [-0.2, -0.15) is 13.2 Å². The van der Waals surface area contributed by atoms with Crippen LogP contribution in [0.3, 0.4) is 0 Å². The number of halogens is 4. The zero-order valence-electron chi connectivity index (χ0n) is 20.8. The van der Waals surface area contributed by atoms with Crippen LogP contribution in [0.25, 0.3) is 11.3 Å². The number of hydrogen-bond acceptors (Lipinski definition) is 5. The van der Waals surface area contributed by atoms with Gasteiger partial charge in [-0.25, -0.2) is 0 Å². The summed E-state index contributed by atoms with van der Waals surface area (Å²) in [6.07, 6.45) is -1.40. The molecule has 0 aliphatic carbocycles. The molecule has 2 aromatic carbocycles. The fourth-order valence-corrected chi connectivity index (χ4v) is 5.26. The number of ether oxygens (including phenoxy) is 1. The van der Waals surface area contributed by atoms with Crippen LogP contribution in [0.4, 0.5) is 13.2 Å². The summed E-state index contributed by atoms with van der Waals surface area (Å²) >= 11 is 7.48. The van der Waals surface area contributed by atoms with E-state index in [4.69, 9.17) is 21.3 Å². The number of nitrogens with one attached hydrogen (secondary N) is 1. The van der Waals surface area contributed by atoms with Crippen molar-refractivity contribution in [3.05, 3.63) is 69.3 Å². The van der Waals surface area contributed by atoms with Crippen LogP contribution in [-0.2, 0) is 17.9 Å². The van der Waals surface area contributed by atoms with E-state index in [9.17, 15) is 18.0 Å². The van der Waals surface area contributed by atoms with Crippen LogP contribution >= 0.6 is 22.9 Å². The van der Waals surface area contributed by atoms with E-state index >= 15 is 0 Å². The Hall–Kier alpha value is -2.82. The highest BCUT2D eigenvalue weighted by Crippen LogP contribution is 2.25. The lowest BCUT2D eigenvalue weighted by atomic mass is 10.1. The molecule has 2 heterocycles. The summed E-state index contributed by atoms with van der Waals surface area (Å²) in [5.74, 6) is 0.186. The molecular weight excluding hydrogens is 537 g/mol. The predicted molar refractivity (Wildman–Crippen MR) is 143 cm³/mol. The van der Waals surface area contributed by atoms with Gasteiger partial charge in [-0.1, -0.05) is 23.7 Å². The largest absolute Gasteiger partial charge is 0.484 e. The van der Waals surface area contributed by atoms with Crippen molar-refractivity contribution in [1.29, 1.82) is 0 Å². The summed E-state index contributed by atoms with van der Waals surface area (Å²) in [4.78, 5) is 20.1. The highest BCUT2D eigenvalue weighted by molar-refractivity contribution is 7.07. The fraction of sp³-hybridized carbons (Fsp3) is 0.407. The Kier molecular flexibility index (Phi) is 9.87. The average molecular weight is 567 g/mol. The average Bonchev–Trinajstić information content (AvgIpc) is 3.55. The minimum atomic E-state index is -4.39. The zero-order valence-corrected chi connectivity index (χ0v) is 22.4. The topological polar surface area (TPSA) is 58.9 Å². The molecule has 0 atom stereocenters. The van der Waals surface area contributed by atoms with Crippen LogP contribution in [0.2, 0.25) is 5.02 Å². The van der Waals surface area contributed by atoms with E-state index in [-0.39, 0.29) is 11.7 Å². The van der Waals surface area contributed by atoms with E-state index in [2.05, 4.69) is 14.8 Å². The van der Waals surface area contributed by atoms with Crippen molar-refractivity contribution in [1.82, 2.24) is 14.8 Å². The third kappa shape index (κ3) is 8.61. The van der Waals surface area contributed by atoms with Gasteiger partial charge in [0.15, 0.2) is 11.4 Å². The van der Waals surface area contributed by atoms with Gasteiger partial charge >= 0.3 is 6.18 Å². The molecule has 0 bridgehead atoms. The van der Waals surface area contributed by atoms with Crippen LogP contribution < -0.4 is 14.9 Å². The molecule has 11 heteroatoms. The first-order valence-corrected chi connectivity index (χ1v) is 13.7. The molecule has 1 aliphatic heterocycles. The van der Waals surface area contributed by atoms with Gasteiger partial charge in [-0.3, -0.25) is 14.7 Å². The molecule has 1 saturated heterocycles. The second kappa shape index (κ2) is 13.3. The van der Waals surface area contributed by atoms with Crippen molar-refractivity contribution in [2.45, 2.75) is 38.5 Å². The predicted octanol–water partition coefficient (Wildman–Crippen LogP) is 5.51. The Morgan fingerprint density at radius 2 is 1.79 bits per heavy atom. The number of likely N-dealkylation sites (tertiary alicyclic amines) is 1. The van der Waals surface area contributed by atoms with Gasteiger partial charge in [-0.05, 0) is 79.9 Å². The third-order valence-electron chi connectivity index (χ3n) is 6.11. The first-order chi connectivity index (χ1) is 18.3. The molecule has 1 N–H and O–H groups in total. The minimum Gasteiger partial charge on any atom is -0.484 e. The summed E-state index contributed by atoms with van der Waals surface area (Å²) in [6, 6.07) is 14.1. The zero-order chi connectivity index (χ0) is 27.0. The maximum Gasteiger partial charge on any atom is 0.422 e. The Morgan fingerprint density at radius 1 is 1.08 bits per heavy atom. The van der Waals surface area contributed by atoms with E-state index in [1.165, 1.54) is 23.5 Å². The standard InChI is InChI=1S/C27H30ClF3N4O2S/c28-22-8-4-20(5-9-22)16-33-26-35(15-3-12-32-25(36)17-34-13-1-2-14-34)24(18-38-26)21-6-10-23(11-7-21)37-19-27(29,30)31/h4-11,18H,1-3,12-17,19H2,(H,32,36). The number of nitrogens with zero attached hydrogens (tertiary/aromatic N) is 3. The maximum atomic E-state index is 12.5. The number of hydrogen-bond donors (Lipinski definition) is 1. The maximum absolute atomic E-state index is 12.5. The molecule has 6 nitrogen and oxygen atoms in total. The van der Waals surface area contributed by atoms with Crippen molar-refractivity contribution in [3.63, 3.8) is 0 Å². The lowest BCUT2D eigenvalue weighted by Crippen LogP contribution is -2.36. The van der Waals surface area contributed by atoms with E-state index in [0.717, 1.165) is 47.6 Å². The molecule has 1 fully saturated rings. The number of aromatic nitrogens is 1. The van der Waals surface area contributed by atoms with Gasteiger partial charge in [0.05, 0.1) is 18.8 Å². The molecule has 38 heavy (non-hydrogen) atoms. The lowest BCUT2D eigenvalue weighted by Gasteiger charge is -2.14. The fourth-order valence-electron chi connectivity index (χ4n) is 4.20. The summed E-state index contributed by atoms with van der Waals surface area (Å²) in [5.41, 5.74) is 2.76. The highest BCUT2D eigenvalue weighted by Gasteiger charge is 2.28. The second-order valence-corrected chi connectivity index (χ2v) is 10.4. The molecule has 1 aromatic heterocycles. The number of benzene rings is 2. The molecule has 1 aliphatic rings. The van der Waals surface area contributed by atoms with E-state index in [1.807, 2.05) is 29.6 Å². The number of rotatable bonds is 11. The van der Waals surface area contributed by atoms with Crippen LogP contribution in [-0.4, -0.2) is 54.3 Å². The van der Waals surface area contributed by atoms with Crippen molar-refractivity contribution in [2.24, 2.45) is 4.99 Å². The van der Waals surface area contributed by atoms with Gasteiger partial charge in [-0.15, -0.1) is 11.3 Å². The molecule has 3 aromatic rings. The Bertz CT molecular complexity index is 1250. The molecule has 0 spiro atoms.